The van der Waals surface area contributed by atoms with E-state index in [1.165, 1.54) is 0 Å². The van der Waals surface area contributed by atoms with Crippen LogP contribution < -0.4 is 0 Å². The van der Waals surface area contributed by atoms with E-state index >= 15 is 0 Å². The number of hydrogen-bond acceptors (Lipinski definition) is 2. The van der Waals surface area contributed by atoms with Crippen LogP contribution in [-0.2, 0) is 4.74 Å². The minimum atomic E-state index is -0.238. The second kappa shape index (κ2) is 5.99. The van der Waals surface area contributed by atoms with Gasteiger partial charge >= 0.3 is 0 Å². The van der Waals surface area contributed by atoms with Crippen LogP contribution >= 0.6 is 0 Å². The van der Waals surface area contributed by atoms with Gasteiger partial charge in [0.25, 0.3) is 0 Å². The predicted molar refractivity (Wildman–Crippen MR) is 54.3 cm³/mol. The molecule has 0 radical (unpaired) electrons. The first-order chi connectivity index (χ1) is 5.98. The van der Waals surface area contributed by atoms with Crippen LogP contribution in [0.5, 0.6) is 0 Å². The normalized spacial score (nSPS) is 11.7. The number of nitrogens with zero attached hydrogens (tertiary/aromatic N) is 1. The summed E-state index contributed by atoms with van der Waals surface area (Å²) in [5.74, 6) is 0.698. The lowest BCUT2D eigenvalue weighted by Gasteiger charge is -2.14. The van der Waals surface area contributed by atoms with Crippen LogP contribution in [0.2, 0.25) is 0 Å². The van der Waals surface area contributed by atoms with Crippen molar-refractivity contribution in [2.45, 2.75) is 40.5 Å². The largest absolute Gasteiger partial charge is 0.381 e. The van der Waals surface area contributed by atoms with Gasteiger partial charge in [-0.1, -0.05) is 13.8 Å². The van der Waals surface area contributed by atoms with Gasteiger partial charge in [0.2, 0.25) is 0 Å². The fraction of sp³-hybridized carbons (Fsp3) is 0.909. The average Bonchev–Trinajstić information content (AvgIpc) is 2.03. The Morgan fingerprint density at radius 2 is 1.92 bits per heavy atom. The Labute approximate surface area is 81.9 Å². The average molecular weight is 183 g/mol. The van der Waals surface area contributed by atoms with Gasteiger partial charge < -0.3 is 4.74 Å². The smallest absolute Gasteiger partial charge is 0.0684 e. The Kier molecular flexibility index (Phi) is 5.73. The van der Waals surface area contributed by atoms with Crippen LogP contribution in [0, 0.1) is 22.7 Å². The van der Waals surface area contributed by atoms with E-state index in [0.717, 1.165) is 19.4 Å². The Balaban J connectivity index is 3.32. The number of rotatable bonds is 6. The third kappa shape index (κ3) is 7.80. The standard InChI is InChI=1S/C11H21NO/c1-10(2)5-7-13-8-6-11(3,4)9-12/h10H,5-8H2,1-4H3. The van der Waals surface area contributed by atoms with Crippen molar-refractivity contribution < 1.29 is 4.74 Å². The molecular weight excluding hydrogens is 162 g/mol. The van der Waals surface area contributed by atoms with E-state index in [-0.39, 0.29) is 5.41 Å². The molecule has 76 valence electrons. The Hall–Kier alpha value is -0.550. The second-order valence-corrected chi connectivity index (χ2v) is 4.54. The molecule has 0 unspecified atom stereocenters. The molecule has 0 aliphatic carbocycles. The van der Waals surface area contributed by atoms with Crippen LogP contribution in [0.1, 0.15) is 40.5 Å². The van der Waals surface area contributed by atoms with Gasteiger partial charge in [-0.15, -0.1) is 0 Å². The third-order valence-electron chi connectivity index (χ3n) is 2.01. The highest BCUT2D eigenvalue weighted by Crippen LogP contribution is 2.18. The first-order valence-electron chi connectivity index (χ1n) is 4.97. The van der Waals surface area contributed by atoms with Gasteiger partial charge in [0.05, 0.1) is 11.5 Å². The van der Waals surface area contributed by atoms with Gasteiger partial charge in [0.15, 0.2) is 0 Å². The molecule has 0 aliphatic rings. The Morgan fingerprint density at radius 3 is 2.38 bits per heavy atom. The van der Waals surface area contributed by atoms with E-state index in [4.69, 9.17) is 10.00 Å². The van der Waals surface area contributed by atoms with E-state index in [9.17, 15) is 0 Å². The summed E-state index contributed by atoms with van der Waals surface area (Å²) in [4.78, 5) is 0. The van der Waals surface area contributed by atoms with Crippen molar-refractivity contribution in [2.75, 3.05) is 13.2 Å². The van der Waals surface area contributed by atoms with E-state index in [0.29, 0.717) is 12.5 Å². The molecule has 2 nitrogen and oxygen atoms in total. The van der Waals surface area contributed by atoms with Crippen LogP contribution in [-0.4, -0.2) is 13.2 Å². The molecule has 0 saturated heterocycles. The Bertz CT molecular complexity index is 167. The highest BCUT2D eigenvalue weighted by Gasteiger charge is 2.15. The summed E-state index contributed by atoms with van der Waals surface area (Å²) in [6, 6.07) is 2.26. The lowest BCUT2D eigenvalue weighted by Crippen LogP contribution is -2.12. The SMILES string of the molecule is CC(C)CCOCCC(C)(C)C#N. The summed E-state index contributed by atoms with van der Waals surface area (Å²) in [5.41, 5.74) is -0.238. The third-order valence-corrected chi connectivity index (χ3v) is 2.01. The number of hydrogen-bond donors (Lipinski definition) is 0. The van der Waals surface area contributed by atoms with Crippen molar-refractivity contribution in [2.24, 2.45) is 11.3 Å². The monoisotopic (exact) mass is 183 g/mol. The van der Waals surface area contributed by atoms with Gasteiger partial charge in [-0.3, -0.25) is 0 Å². The summed E-state index contributed by atoms with van der Waals surface area (Å²) in [7, 11) is 0. The van der Waals surface area contributed by atoms with Crippen LogP contribution in [0.3, 0.4) is 0 Å². The van der Waals surface area contributed by atoms with E-state index in [1.54, 1.807) is 0 Å². The molecule has 0 atom stereocenters. The molecule has 0 saturated carbocycles. The first-order valence-corrected chi connectivity index (χ1v) is 4.97. The fourth-order valence-electron chi connectivity index (χ4n) is 0.804. The lowest BCUT2D eigenvalue weighted by molar-refractivity contribution is 0.106. The molecular formula is C11H21NO. The summed E-state index contributed by atoms with van der Waals surface area (Å²) >= 11 is 0. The molecule has 0 amide bonds. The van der Waals surface area contributed by atoms with Crippen molar-refractivity contribution in [3.05, 3.63) is 0 Å². The van der Waals surface area contributed by atoms with Crippen LogP contribution in [0.15, 0.2) is 0 Å². The summed E-state index contributed by atoms with van der Waals surface area (Å²) in [6.45, 7) is 9.77. The van der Waals surface area contributed by atoms with Crippen molar-refractivity contribution in [1.29, 1.82) is 5.26 Å². The highest BCUT2D eigenvalue weighted by atomic mass is 16.5. The van der Waals surface area contributed by atoms with E-state index in [2.05, 4.69) is 19.9 Å². The van der Waals surface area contributed by atoms with E-state index < -0.39 is 0 Å². The molecule has 0 fully saturated rings. The number of ether oxygens (including phenoxy) is 1. The van der Waals surface area contributed by atoms with Crippen molar-refractivity contribution in [3.63, 3.8) is 0 Å². The number of nitriles is 1. The van der Waals surface area contributed by atoms with Gasteiger partial charge in [0, 0.05) is 13.2 Å². The fourth-order valence-corrected chi connectivity index (χ4v) is 0.804. The van der Waals surface area contributed by atoms with Crippen molar-refractivity contribution in [3.8, 4) is 6.07 Å². The topological polar surface area (TPSA) is 33.0 Å². The second-order valence-electron chi connectivity index (χ2n) is 4.54. The van der Waals surface area contributed by atoms with Gasteiger partial charge in [-0.2, -0.15) is 5.26 Å². The zero-order valence-corrected chi connectivity index (χ0v) is 9.26. The lowest BCUT2D eigenvalue weighted by atomic mass is 9.92. The predicted octanol–water partition coefficient (Wildman–Crippen LogP) is 2.99. The zero-order valence-electron chi connectivity index (χ0n) is 9.26. The minimum Gasteiger partial charge on any atom is -0.381 e. The Morgan fingerprint density at radius 1 is 1.31 bits per heavy atom. The molecule has 2 heteroatoms. The maximum atomic E-state index is 8.73. The molecule has 0 aromatic heterocycles. The van der Waals surface area contributed by atoms with Crippen molar-refractivity contribution in [1.82, 2.24) is 0 Å². The minimum absolute atomic E-state index is 0.238. The summed E-state index contributed by atoms with van der Waals surface area (Å²) in [5, 5.41) is 8.73. The summed E-state index contributed by atoms with van der Waals surface area (Å²) < 4.78 is 5.43. The maximum Gasteiger partial charge on any atom is 0.0684 e. The zero-order chi connectivity index (χ0) is 10.3. The van der Waals surface area contributed by atoms with Crippen molar-refractivity contribution >= 4 is 0 Å². The molecule has 0 heterocycles. The maximum absolute atomic E-state index is 8.73. The summed E-state index contributed by atoms with van der Waals surface area (Å²) in [6.07, 6.45) is 1.93. The van der Waals surface area contributed by atoms with Gasteiger partial charge in [-0.25, -0.2) is 0 Å². The van der Waals surface area contributed by atoms with E-state index in [1.807, 2.05) is 13.8 Å². The van der Waals surface area contributed by atoms with Gasteiger partial charge in [-0.05, 0) is 32.6 Å². The molecule has 13 heavy (non-hydrogen) atoms. The van der Waals surface area contributed by atoms with Crippen LogP contribution in [0.25, 0.3) is 0 Å². The first kappa shape index (κ1) is 12.4. The van der Waals surface area contributed by atoms with Crippen LogP contribution in [0.4, 0.5) is 0 Å². The quantitative estimate of drug-likeness (QED) is 0.593. The molecule has 0 bridgehead atoms. The molecule has 0 N–H and O–H groups in total. The highest BCUT2D eigenvalue weighted by molar-refractivity contribution is 4.91. The molecule has 0 aromatic rings. The molecule has 0 rings (SSSR count). The van der Waals surface area contributed by atoms with Gasteiger partial charge in [0.1, 0.15) is 0 Å². The molecule has 0 spiro atoms. The molecule has 0 aliphatic heterocycles. The molecule has 0 aromatic carbocycles.